The van der Waals surface area contributed by atoms with Crippen LogP contribution < -0.4 is 14.2 Å². The molecule has 134 valence electrons. The molecule has 0 saturated carbocycles. The highest BCUT2D eigenvalue weighted by Crippen LogP contribution is 2.36. The van der Waals surface area contributed by atoms with Crippen LogP contribution in [0, 0.1) is 5.82 Å². The molecule has 2 aromatic rings. The molecule has 0 radical (unpaired) electrons. The number of fused-ring (bicyclic) bond motifs is 1. The number of rotatable bonds is 5. The summed E-state index contributed by atoms with van der Waals surface area (Å²) in [4.78, 5) is -0.241. The zero-order chi connectivity index (χ0) is 18.1. The van der Waals surface area contributed by atoms with Crippen molar-refractivity contribution in [2.75, 3.05) is 20.3 Å². The van der Waals surface area contributed by atoms with Crippen molar-refractivity contribution >= 4 is 10.0 Å². The van der Waals surface area contributed by atoms with Crippen molar-refractivity contribution in [3.63, 3.8) is 0 Å². The Balaban J connectivity index is 1.82. The van der Waals surface area contributed by atoms with Gasteiger partial charge in [0.2, 0.25) is 10.0 Å². The molecule has 0 bridgehead atoms. The van der Waals surface area contributed by atoms with Gasteiger partial charge >= 0.3 is 0 Å². The highest BCUT2D eigenvalue weighted by Gasteiger charge is 2.36. The number of hydrogen-bond acceptors (Lipinski definition) is 5. The minimum atomic E-state index is -3.99. The van der Waals surface area contributed by atoms with Crippen molar-refractivity contribution < 1.29 is 27.4 Å². The fourth-order valence-corrected chi connectivity index (χ4v) is 3.84. The number of nitrogens with one attached hydrogen (secondary N) is 1. The fourth-order valence-electron chi connectivity index (χ4n) is 2.74. The summed E-state index contributed by atoms with van der Waals surface area (Å²) < 4.78 is 51.2. The van der Waals surface area contributed by atoms with Crippen LogP contribution in [0.4, 0.5) is 4.39 Å². The monoisotopic (exact) mass is 367 g/mol. The molecule has 3 rings (SSSR count). The molecule has 2 N–H and O–H groups in total. The van der Waals surface area contributed by atoms with Gasteiger partial charge < -0.3 is 14.6 Å². The molecule has 1 atom stereocenters. The maximum atomic E-state index is 13.8. The first-order chi connectivity index (χ1) is 11.9. The predicted molar refractivity (Wildman–Crippen MR) is 88.6 cm³/mol. The van der Waals surface area contributed by atoms with Crippen LogP contribution in [0.1, 0.15) is 12.0 Å². The van der Waals surface area contributed by atoms with Gasteiger partial charge in [-0.3, -0.25) is 0 Å². The van der Waals surface area contributed by atoms with Gasteiger partial charge in [-0.1, -0.05) is 18.2 Å². The van der Waals surface area contributed by atoms with E-state index in [-0.39, 0.29) is 30.2 Å². The second kappa shape index (κ2) is 6.62. The van der Waals surface area contributed by atoms with Gasteiger partial charge in [0, 0.05) is 18.5 Å². The van der Waals surface area contributed by atoms with E-state index in [1.54, 1.807) is 24.3 Å². The highest BCUT2D eigenvalue weighted by molar-refractivity contribution is 7.89. The SMILES string of the molecule is COc1ccc(S(=O)(=O)NCC2(O)CCOc3ccccc32)cc1F. The van der Waals surface area contributed by atoms with Crippen LogP contribution in [-0.4, -0.2) is 33.8 Å². The van der Waals surface area contributed by atoms with Crippen molar-refractivity contribution in [2.24, 2.45) is 0 Å². The largest absolute Gasteiger partial charge is 0.494 e. The molecule has 1 heterocycles. The van der Waals surface area contributed by atoms with E-state index in [1.807, 2.05) is 0 Å². The average molecular weight is 367 g/mol. The quantitative estimate of drug-likeness (QED) is 0.842. The lowest BCUT2D eigenvalue weighted by Gasteiger charge is -2.34. The summed E-state index contributed by atoms with van der Waals surface area (Å²) in [6, 6.07) is 10.3. The lowest BCUT2D eigenvalue weighted by atomic mass is 9.88. The summed E-state index contributed by atoms with van der Waals surface area (Å²) in [5.41, 5.74) is -0.878. The normalized spacial score (nSPS) is 19.8. The van der Waals surface area contributed by atoms with Crippen LogP contribution in [0.2, 0.25) is 0 Å². The molecule has 1 aliphatic heterocycles. The van der Waals surface area contributed by atoms with Crippen molar-refractivity contribution in [2.45, 2.75) is 16.9 Å². The van der Waals surface area contributed by atoms with Crippen LogP contribution in [0.5, 0.6) is 11.5 Å². The number of aliphatic hydroxyl groups is 1. The van der Waals surface area contributed by atoms with E-state index in [0.29, 0.717) is 11.3 Å². The molecule has 0 amide bonds. The first kappa shape index (κ1) is 17.7. The number of methoxy groups -OCH3 is 1. The molecule has 0 aliphatic carbocycles. The number of ether oxygens (including phenoxy) is 2. The third-order valence-corrected chi connectivity index (χ3v) is 5.55. The van der Waals surface area contributed by atoms with E-state index >= 15 is 0 Å². The Morgan fingerprint density at radius 3 is 2.80 bits per heavy atom. The third kappa shape index (κ3) is 3.46. The summed E-state index contributed by atoms with van der Waals surface area (Å²) >= 11 is 0. The molecular weight excluding hydrogens is 349 g/mol. The Labute approximate surface area is 145 Å². The molecule has 8 heteroatoms. The Morgan fingerprint density at radius 1 is 1.32 bits per heavy atom. The molecule has 0 aromatic heterocycles. The fraction of sp³-hybridized carbons (Fsp3) is 0.294. The second-order valence-electron chi connectivity index (χ2n) is 5.75. The molecule has 6 nitrogen and oxygen atoms in total. The Hall–Kier alpha value is -2.16. The van der Waals surface area contributed by atoms with E-state index in [4.69, 9.17) is 9.47 Å². The molecule has 1 unspecified atom stereocenters. The van der Waals surface area contributed by atoms with Gasteiger partial charge in [0.15, 0.2) is 11.6 Å². The number of hydrogen-bond donors (Lipinski definition) is 2. The van der Waals surface area contributed by atoms with E-state index in [1.165, 1.54) is 19.2 Å². The molecule has 1 aliphatic rings. The smallest absolute Gasteiger partial charge is 0.240 e. The molecule has 0 saturated heterocycles. The number of benzene rings is 2. The maximum absolute atomic E-state index is 13.8. The van der Waals surface area contributed by atoms with Crippen molar-refractivity contribution in [1.82, 2.24) is 4.72 Å². The van der Waals surface area contributed by atoms with E-state index in [0.717, 1.165) is 6.07 Å². The summed E-state index contributed by atoms with van der Waals surface area (Å²) in [5, 5.41) is 10.9. The summed E-state index contributed by atoms with van der Waals surface area (Å²) in [6.07, 6.45) is 0.240. The lowest BCUT2D eigenvalue weighted by molar-refractivity contribution is 0.00219. The Kier molecular flexibility index (Phi) is 4.68. The van der Waals surface area contributed by atoms with Gasteiger partial charge in [-0.05, 0) is 24.3 Å². The van der Waals surface area contributed by atoms with Crippen LogP contribution in [0.25, 0.3) is 0 Å². The average Bonchev–Trinajstić information content (AvgIpc) is 2.61. The predicted octanol–water partition coefficient (Wildman–Crippen LogP) is 1.78. The van der Waals surface area contributed by atoms with Gasteiger partial charge in [0.05, 0.1) is 18.6 Å². The third-order valence-electron chi connectivity index (χ3n) is 4.15. The molecule has 0 spiro atoms. The van der Waals surface area contributed by atoms with Gasteiger partial charge in [0.25, 0.3) is 0 Å². The highest BCUT2D eigenvalue weighted by atomic mass is 32.2. The zero-order valence-electron chi connectivity index (χ0n) is 13.5. The zero-order valence-corrected chi connectivity index (χ0v) is 14.3. The molecule has 25 heavy (non-hydrogen) atoms. The summed E-state index contributed by atoms with van der Waals surface area (Å²) in [7, 11) is -2.70. The molecular formula is C17H18FNO5S. The Bertz CT molecular complexity index is 886. The summed E-state index contributed by atoms with van der Waals surface area (Å²) in [5.74, 6) is -0.303. The molecule has 0 fully saturated rings. The lowest BCUT2D eigenvalue weighted by Crippen LogP contribution is -2.43. The maximum Gasteiger partial charge on any atom is 0.240 e. The van der Waals surface area contributed by atoms with Gasteiger partial charge in [-0.25, -0.2) is 17.5 Å². The van der Waals surface area contributed by atoms with Crippen molar-refractivity contribution in [1.29, 1.82) is 0 Å². The number of halogens is 1. The summed E-state index contributed by atoms with van der Waals surface area (Å²) in [6.45, 7) is 0.0236. The number of para-hydroxylation sites is 1. The van der Waals surface area contributed by atoms with E-state index in [2.05, 4.69) is 4.72 Å². The van der Waals surface area contributed by atoms with E-state index in [9.17, 15) is 17.9 Å². The minimum Gasteiger partial charge on any atom is -0.494 e. The van der Waals surface area contributed by atoms with Crippen molar-refractivity contribution in [3.8, 4) is 11.5 Å². The Morgan fingerprint density at radius 2 is 2.08 bits per heavy atom. The van der Waals surface area contributed by atoms with Crippen LogP contribution in [0.3, 0.4) is 0 Å². The molecule has 2 aromatic carbocycles. The van der Waals surface area contributed by atoms with Crippen LogP contribution in [0.15, 0.2) is 47.4 Å². The van der Waals surface area contributed by atoms with Crippen LogP contribution in [-0.2, 0) is 15.6 Å². The standard InChI is InChI=1S/C17H18FNO5S/c1-23-16-7-6-12(10-14(16)18)25(21,22)19-11-17(20)8-9-24-15-5-3-2-4-13(15)17/h2-7,10,19-20H,8-9,11H2,1H3. The van der Waals surface area contributed by atoms with E-state index < -0.39 is 21.4 Å². The van der Waals surface area contributed by atoms with Gasteiger partial charge in [0.1, 0.15) is 11.4 Å². The topological polar surface area (TPSA) is 84.9 Å². The first-order valence-electron chi connectivity index (χ1n) is 7.64. The second-order valence-corrected chi connectivity index (χ2v) is 7.51. The van der Waals surface area contributed by atoms with Gasteiger partial charge in [-0.2, -0.15) is 0 Å². The van der Waals surface area contributed by atoms with Gasteiger partial charge in [-0.15, -0.1) is 0 Å². The minimum absolute atomic E-state index is 0.0454. The van der Waals surface area contributed by atoms with Crippen molar-refractivity contribution in [3.05, 3.63) is 53.8 Å². The van der Waals surface area contributed by atoms with Crippen LogP contribution >= 0.6 is 0 Å². The first-order valence-corrected chi connectivity index (χ1v) is 9.12. The number of sulfonamides is 1.